The molecule has 1 aromatic heterocycles. The Morgan fingerprint density at radius 3 is 2.47 bits per heavy atom. The molecule has 19 heavy (non-hydrogen) atoms. The van der Waals surface area contributed by atoms with Gasteiger partial charge >= 0.3 is 5.97 Å². The molecule has 4 nitrogen and oxygen atoms in total. The predicted molar refractivity (Wildman–Crippen MR) is 76.8 cm³/mol. The van der Waals surface area contributed by atoms with E-state index in [1.807, 2.05) is 24.6 Å². The lowest BCUT2D eigenvalue weighted by atomic mass is 9.94. The van der Waals surface area contributed by atoms with Gasteiger partial charge in [-0.05, 0) is 46.2 Å². The Bertz CT molecular complexity index is 428. The van der Waals surface area contributed by atoms with Crippen molar-refractivity contribution < 1.29 is 9.53 Å². The van der Waals surface area contributed by atoms with Crippen molar-refractivity contribution in [3.05, 3.63) is 24.0 Å². The smallest absolute Gasteiger partial charge is 0.313 e. The van der Waals surface area contributed by atoms with Crippen molar-refractivity contribution in [2.24, 2.45) is 5.41 Å². The van der Waals surface area contributed by atoms with Gasteiger partial charge in [-0.1, -0.05) is 0 Å². The number of rotatable bonds is 5. The third-order valence-electron chi connectivity index (χ3n) is 2.95. The van der Waals surface area contributed by atoms with Crippen molar-refractivity contribution in [2.75, 3.05) is 7.11 Å². The van der Waals surface area contributed by atoms with Crippen molar-refractivity contribution in [2.45, 2.75) is 53.2 Å². The number of nitrogens with zero attached hydrogens (tertiary/aromatic N) is 1. The van der Waals surface area contributed by atoms with E-state index >= 15 is 0 Å². The molecule has 0 spiro atoms. The van der Waals surface area contributed by atoms with Crippen LogP contribution in [0.4, 0.5) is 0 Å². The lowest BCUT2D eigenvalue weighted by molar-refractivity contribution is -0.151. The summed E-state index contributed by atoms with van der Waals surface area (Å²) in [5.74, 6) is -0.185. The standard InChI is InChI=1S/C15H26N2O2/c1-14(2,3)16-9-12-7-8-17(10-12)11-15(4,5)13(18)19-6/h7-8,10,16H,9,11H2,1-6H3. The zero-order valence-corrected chi connectivity index (χ0v) is 12.9. The van der Waals surface area contributed by atoms with E-state index in [-0.39, 0.29) is 11.5 Å². The molecule has 0 saturated carbocycles. The fourth-order valence-electron chi connectivity index (χ4n) is 1.86. The van der Waals surface area contributed by atoms with Crippen LogP contribution in [0.1, 0.15) is 40.2 Å². The average Bonchev–Trinajstić information content (AvgIpc) is 2.71. The zero-order valence-electron chi connectivity index (χ0n) is 12.9. The number of nitrogens with one attached hydrogen (secondary N) is 1. The summed E-state index contributed by atoms with van der Waals surface area (Å²) in [7, 11) is 1.43. The quantitative estimate of drug-likeness (QED) is 0.833. The fraction of sp³-hybridized carbons (Fsp3) is 0.667. The summed E-state index contributed by atoms with van der Waals surface area (Å²) in [6.07, 6.45) is 4.08. The Labute approximate surface area is 116 Å². The maximum atomic E-state index is 11.7. The summed E-state index contributed by atoms with van der Waals surface area (Å²) in [6, 6.07) is 2.08. The van der Waals surface area contributed by atoms with E-state index in [9.17, 15) is 4.79 Å². The normalized spacial score (nSPS) is 12.5. The molecule has 1 N–H and O–H groups in total. The second-order valence-corrected chi connectivity index (χ2v) is 6.67. The maximum Gasteiger partial charge on any atom is 0.313 e. The number of ether oxygens (including phenoxy) is 1. The summed E-state index contributed by atoms with van der Waals surface area (Å²) in [5.41, 5.74) is 0.811. The molecule has 0 aliphatic heterocycles. The lowest BCUT2D eigenvalue weighted by Gasteiger charge is -2.22. The molecule has 108 valence electrons. The predicted octanol–water partition coefficient (Wildman–Crippen LogP) is 2.58. The number of aromatic nitrogens is 1. The van der Waals surface area contributed by atoms with Crippen molar-refractivity contribution in [1.82, 2.24) is 9.88 Å². The highest BCUT2D eigenvalue weighted by Crippen LogP contribution is 2.20. The summed E-state index contributed by atoms with van der Waals surface area (Å²) >= 11 is 0. The number of carbonyl (C=O) groups excluding carboxylic acids is 1. The Hall–Kier alpha value is -1.29. The fourth-order valence-corrected chi connectivity index (χ4v) is 1.86. The highest BCUT2D eigenvalue weighted by Gasteiger charge is 2.29. The van der Waals surface area contributed by atoms with Gasteiger partial charge in [-0.25, -0.2) is 0 Å². The van der Waals surface area contributed by atoms with Gasteiger partial charge in [0.15, 0.2) is 0 Å². The number of esters is 1. The van der Waals surface area contributed by atoms with Gasteiger partial charge in [0.2, 0.25) is 0 Å². The van der Waals surface area contributed by atoms with Crippen LogP contribution in [0.15, 0.2) is 18.5 Å². The Kier molecular flexibility index (Phi) is 4.80. The topological polar surface area (TPSA) is 43.3 Å². The molecule has 0 atom stereocenters. The first-order valence-corrected chi connectivity index (χ1v) is 6.62. The van der Waals surface area contributed by atoms with Crippen LogP contribution in [0.25, 0.3) is 0 Å². The van der Waals surface area contributed by atoms with Crippen LogP contribution in [0.5, 0.6) is 0 Å². The maximum absolute atomic E-state index is 11.7. The first kappa shape index (κ1) is 15.8. The van der Waals surface area contributed by atoms with E-state index in [1.54, 1.807) is 0 Å². The Morgan fingerprint density at radius 2 is 1.95 bits per heavy atom. The molecule has 4 heteroatoms. The number of methoxy groups -OCH3 is 1. The molecule has 1 rings (SSSR count). The van der Waals surface area contributed by atoms with Gasteiger partial charge in [0, 0.05) is 31.0 Å². The van der Waals surface area contributed by atoms with Crippen molar-refractivity contribution in [3.8, 4) is 0 Å². The van der Waals surface area contributed by atoms with Gasteiger partial charge in [0.05, 0.1) is 12.5 Å². The number of hydrogen-bond donors (Lipinski definition) is 1. The van der Waals surface area contributed by atoms with Gasteiger partial charge in [-0.3, -0.25) is 4.79 Å². The second-order valence-electron chi connectivity index (χ2n) is 6.67. The van der Waals surface area contributed by atoms with Crippen LogP contribution in [-0.4, -0.2) is 23.2 Å². The number of carbonyl (C=O) groups is 1. The van der Waals surface area contributed by atoms with E-state index in [4.69, 9.17) is 4.74 Å². The lowest BCUT2D eigenvalue weighted by Crippen LogP contribution is -2.35. The second kappa shape index (κ2) is 5.78. The van der Waals surface area contributed by atoms with Crippen molar-refractivity contribution >= 4 is 5.97 Å². The van der Waals surface area contributed by atoms with Gasteiger partial charge in [0.25, 0.3) is 0 Å². The Morgan fingerprint density at radius 1 is 1.32 bits per heavy atom. The number of hydrogen-bond acceptors (Lipinski definition) is 3. The molecule has 1 aromatic rings. The molecule has 0 saturated heterocycles. The van der Waals surface area contributed by atoms with Crippen LogP contribution in [0.2, 0.25) is 0 Å². The van der Waals surface area contributed by atoms with Gasteiger partial charge in [-0.2, -0.15) is 0 Å². The molecule has 0 aliphatic rings. The highest BCUT2D eigenvalue weighted by molar-refractivity contribution is 5.75. The summed E-state index contributed by atoms with van der Waals surface area (Å²) in [5, 5.41) is 3.44. The molecule has 0 aliphatic carbocycles. The molecule has 0 fully saturated rings. The van der Waals surface area contributed by atoms with Crippen LogP contribution in [-0.2, 0) is 22.6 Å². The SMILES string of the molecule is COC(=O)C(C)(C)Cn1ccc(CNC(C)(C)C)c1. The molecular formula is C15H26N2O2. The molecule has 1 heterocycles. The van der Waals surface area contributed by atoms with Crippen LogP contribution >= 0.6 is 0 Å². The molecule has 0 radical (unpaired) electrons. The monoisotopic (exact) mass is 266 g/mol. The first-order valence-electron chi connectivity index (χ1n) is 6.62. The van der Waals surface area contributed by atoms with E-state index < -0.39 is 5.41 Å². The molecule has 0 aromatic carbocycles. The largest absolute Gasteiger partial charge is 0.469 e. The molecular weight excluding hydrogens is 240 g/mol. The minimum atomic E-state index is -0.511. The summed E-state index contributed by atoms with van der Waals surface area (Å²) in [6.45, 7) is 11.7. The van der Waals surface area contributed by atoms with E-state index in [1.165, 1.54) is 12.7 Å². The summed E-state index contributed by atoms with van der Waals surface area (Å²) in [4.78, 5) is 11.7. The van der Waals surface area contributed by atoms with E-state index in [0.29, 0.717) is 6.54 Å². The molecule has 0 bridgehead atoms. The van der Waals surface area contributed by atoms with Crippen LogP contribution in [0.3, 0.4) is 0 Å². The van der Waals surface area contributed by atoms with Gasteiger partial charge in [0.1, 0.15) is 0 Å². The summed E-state index contributed by atoms with van der Waals surface area (Å²) < 4.78 is 6.86. The minimum Gasteiger partial charge on any atom is -0.469 e. The first-order chi connectivity index (χ1) is 8.64. The third kappa shape index (κ3) is 5.07. The van der Waals surface area contributed by atoms with Gasteiger partial charge < -0.3 is 14.6 Å². The molecule has 0 amide bonds. The third-order valence-corrected chi connectivity index (χ3v) is 2.95. The average molecular weight is 266 g/mol. The van der Waals surface area contributed by atoms with Crippen molar-refractivity contribution in [1.29, 1.82) is 0 Å². The van der Waals surface area contributed by atoms with E-state index in [2.05, 4.69) is 38.4 Å². The molecule has 0 unspecified atom stereocenters. The van der Waals surface area contributed by atoms with Crippen LogP contribution in [0, 0.1) is 5.41 Å². The minimum absolute atomic E-state index is 0.105. The highest BCUT2D eigenvalue weighted by atomic mass is 16.5. The van der Waals surface area contributed by atoms with Crippen LogP contribution < -0.4 is 5.32 Å². The zero-order chi connectivity index (χ0) is 14.7. The van der Waals surface area contributed by atoms with E-state index in [0.717, 1.165) is 6.54 Å². The Balaban J connectivity index is 2.63. The van der Waals surface area contributed by atoms with Crippen molar-refractivity contribution in [3.63, 3.8) is 0 Å². The van der Waals surface area contributed by atoms with Gasteiger partial charge in [-0.15, -0.1) is 0 Å².